The highest BCUT2D eigenvalue weighted by Crippen LogP contribution is 2.30. The highest BCUT2D eigenvalue weighted by atomic mass is 32.1. The van der Waals surface area contributed by atoms with E-state index in [1.165, 1.54) is 22.5 Å². The van der Waals surface area contributed by atoms with Crippen LogP contribution >= 0.6 is 11.3 Å². The lowest BCUT2D eigenvalue weighted by Crippen LogP contribution is -2.17. The van der Waals surface area contributed by atoms with E-state index in [4.69, 9.17) is 15.2 Å². The maximum atomic E-state index is 5.94. The second-order valence-electron chi connectivity index (χ2n) is 7.06. The Morgan fingerprint density at radius 2 is 1.67 bits per heavy atom. The molecule has 1 aromatic heterocycles. The monoisotopic (exact) mass is 383 g/mol. The highest BCUT2D eigenvalue weighted by Gasteiger charge is 2.20. The molecule has 0 radical (unpaired) electrons. The number of nitrogens with one attached hydrogen (secondary N) is 1. The zero-order valence-electron chi connectivity index (χ0n) is 16.1. The zero-order chi connectivity index (χ0) is 19.2. The van der Waals surface area contributed by atoms with Crippen molar-refractivity contribution in [1.82, 2.24) is 0 Å². The highest BCUT2D eigenvalue weighted by molar-refractivity contribution is 7.13. The first kappa shape index (κ1) is 19.2. The number of nitrogens with two attached hydrogens (primary N) is 1. The summed E-state index contributed by atoms with van der Waals surface area (Å²) in [6.45, 7) is 5.03. The quantitative estimate of drug-likeness (QED) is 0.620. The second-order valence-corrected chi connectivity index (χ2v) is 7.97. The van der Waals surface area contributed by atoms with Gasteiger partial charge in [-0.1, -0.05) is 49.4 Å². The summed E-state index contributed by atoms with van der Waals surface area (Å²) in [5.74, 6) is 2.49. The summed E-state index contributed by atoms with van der Waals surface area (Å²) in [7, 11) is 1.68. The van der Waals surface area contributed by atoms with Crippen LogP contribution in [0.3, 0.4) is 0 Å². The zero-order valence-corrected chi connectivity index (χ0v) is 16.9. The van der Waals surface area contributed by atoms with Crippen molar-refractivity contribution < 1.29 is 14.5 Å². The van der Waals surface area contributed by atoms with E-state index in [2.05, 4.69) is 60.6 Å². The molecule has 1 unspecified atom stereocenters. The maximum absolute atomic E-state index is 5.94. The van der Waals surface area contributed by atoms with E-state index in [-0.39, 0.29) is 5.92 Å². The van der Waals surface area contributed by atoms with Crippen LogP contribution in [0.15, 0.2) is 53.9 Å². The number of anilines is 1. The van der Waals surface area contributed by atoms with Crippen molar-refractivity contribution in [3.8, 4) is 11.5 Å². The van der Waals surface area contributed by atoms with Crippen molar-refractivity contribution in [1.29, 1.82) is 0 Å². The van der Waals surface area contributed by atoms with Gasteiger partial charge in [0.05, 0.1) is 19.6 Å². The van der Waals surface area contributed by atoms with Crippen molar-refractivity contribution in [2.45, 2.75) is 26.2 Å². The van der Waals surface area contributed by atoms with Crippen LogP contribution in [0, 0.1) is 5.92 Å². The number of nitrogen functional groups attached to an aromatic ring is 1. The Labute approximate surface area is 165 Å². The molecule has 3 aromatic rings. The minimum absolute atomic E-state index is 0.201. The van der Waals surface area contributed by atoms with Gasteiger partial charge in [0, 0.05) is 5.38 Å². The number of hydrogen-bond acceptors (Lipinski definition) is 4. The molecule has 0 aliphatic rings. The molecule has 1 heterocycles. The molecule has 0 amide bonds. The lowest BCUT2D eigenvalue weighted by molar-refractivity contribution is -0.368. The predicted octanol–water partition coefficient (Wildman–Crippen LogP) is 4.56. The Morgan fingerprint density at radius 3 is 2.22 bits per heavy atom. The van der Waals surface area contributed by atoms with E-state index in [9.17, 15) is 0 Å². The van der Waals surface area contributed by atoms with Crippen LogP contribution in [-0.4, -0.2) is 13.7 Å². The van der Waals surface area contributed by atoms with Gasteiger partial charge in [0.1, 0.15) is 17.2 Å². The fraction of sp³-hybridized carbons (Fsp3) is 0.318. The number of thiazole rings is 1. The molecular weight excluding hydrogens is 356 g/mol. The average molecular weight is 384 g/mol. The molecule has 0 aliphatic heterocycles. The number of aromatic nitrogens is 1. The third-order valence-electron chi connectivity index (χ3n) is 4.42. The third kappa shape index (κ3) is 5.23. The molecule has 0 aliphatic carbocycles. The van der Waals surface area contributed by atoms with Crippen LogP contribution < -0.4 is 20.2 Å². The third-order valence-corrected chi connectivity index (χ3v) is 5.15. The molecule has 0 spiro atoms. The Balaban J connectivity index is 1.80. The van der Waals surface area contributed by atoms with Gasteiger partial charge in [-0.2, -0.15) is 0 Å². The summed E-state index contributed by atoms with van der Waals surface area (Å²) in [6, 6.07) is 16.6. The smallest absolute Gasteiger partial charge is 0.329 e. The largest absolute Gasteiger partial charge is 0.497 e. The number of H-pyrrole nitrogens is 1. The Hall–Kier alpha value is -2.53. The molecule has 0 saturated heterocycles. The van der Waals surface area contributed by atoms with Crippen LogP contribution in [0.5, 0.6) is 11.5 Å². The van der Waals surface area contributed by atoms with Crippen molar-refractivity contribution in [3.63, 3.8) is 0 Å². The minimum atomic E-state index is 0.201. The van der Waals surface area contributed by atoms with Gasteiger partial charge in [0.2, 0.25) is 0 Å². The van der Waals surface area contributed by atoms with Gasteiger partial charge in [0.15, 0.2) is 0 Å². The van der Waals surface area contributed by atoms with Gasteiger partial charge < -0.3 is 9.47 Å². The molecule has 0 saturated carbocycles. The molecule has 3 N–H and O–H groups in total. The van der Waals surface area contributed by atoms with Crippen molar-refractivity contribution in [3.05, 3.63) is 70.7 Å². The van der Waals surface area contributed by atoms with E-state index in [1.54, 1.807) is 7.11 Å². The molecule has 2 aromatic carbocycles. The first-order valence-electron chi connectivity index (χ1n) is 9.17. The van der Waals surface area contributed by atoms with Crippen LogP contribution in [0.1, 0.15) is 36.6 Å². The van der Waals surface area contributed by atoms with Gasteiger partial charge in [-0.25, -0.2) is 4.98 Å². The molecule has 142 valence electrons. The Bertz CT molecular complexity index is 842. The summed E-state index contributed by atoms with van der Waals surface area (Å²) in [5, 5.41) is 2.82. The summed E-state index contributed by atoms with van der Waals surface area (Å²) < 4.78 is 11.1. The molecule has 0 bridgehead atoms. The van der Waals surface area contributed by atoms with E-state index in [0.717, 1.165) is 35.4 Å². The van der Waals surface area contributed by atoms with Crippen molar-refractivity contribution >= 4 is 16.5 Å². The predicted molar refractivity (Wildman–Crippen MR) is 111 cm³/mol. The molecule has 27 heavy (non-hydrogen) atoms. The standard InChI is InChI=1S/C22H26N2O2S/c1-15(2)13-26-19-8-4-16(5-9-19)12-20(21-14-27-22(23)24-21)17-6-10-18(25-3)11-7-17/h4-11,14-15,20H,12-13H2,1-3H3,(H2,23,24)/p+1. The van der Waals surface area contributed by atoms with Gasteiger partial charge in [-0.15, -0.1) is 0 Å². The number of hydrogen-bond donors (Lipinski definition) is 1. The second kappa shape index (κ2) is 8.91. The first-order chi connectivity index (χ1) is 13.0. The fourth-order valence-electron chi connectivity index (χ4n) is 2.96. The maximum Gasteiger partial charge on any atom is 0.329 e. The van der Waals surface area contributed by atoms with E-state index in [0.29, 0.717) is 5.92 Å². The molecule has 3 rings (SSSR count). The fourth-order valence-corrected chi connectivity index (χ4v) is 3.62. The lowest BCUT2D eigenvalue weighted by Gasteiger charge is -2.15. The van der Waals surface area contributed by atoms with Crippen LogP contribution in [0.25, 0.3) is 0 Å². The summed E-state index contributed by atoms with van der Waals surface area (Å²) in [6.07, 6.45) is 0.878. The normalized spacial score (nSPS) is 12.1. The number of methoxy groups -OCH3 is 1. The summed E-state index contributed by atoms with van der Waals surface area (Å²) >= 11 is 1.53. The topological polar surface area (TPSA) is 58.6 Å². The molecule has 0 fully saturated rings. The van der Waals surface area contributed by atoms with E-state index >= 15 is 0 Å². The number of benzene rings is 2. The molecule has 1 atom stereocenters. The van der Waals surface area contributed by atoms with E-state index in [1.807, 2.05) is 12.1 Å². The molecule has 4 nitrogen and oxygen atoms in total. The number of ether oxygens (including phenoxy) is 2. The summed E-state index contributed by atoms with van der Waals surface area (Å²) in [5.41, 5.74) is 9.55. The van der Waals surface area contributed by atoms with Crippen LogP contribution in [0.4, 0.5) is 5.13 Å². The van der Waals surface area contributed by atoms with Crippen molar-refractivity contribution in [2.24, 2.45) is 5.92 Å². The summed E-state index contributed by atoms with van der Waals surface area (Å²) in [4.78, 5) is 3.31. The molecule has 5 heteroatoms. The minimum Gasteiger partial charge on any atom is -0.497 e. The van der Waals surface area contributed by atoms with Gasteiger partial charge in [-0.3, -0.25) is 5.73 Å². The van der Waals surface area contributed by atoms with Gasteiger partial charge in [0.25, 0.3) is 0 Å². The lowest BCUT2D eigenvalue weighted by atomic mass is 9.89. The van der Waals surface area contributed by atoms with Crippen LogP contribution in [-0.2, 0) is 6.42 Å². The molecular formula is C22H27N2O2S+. The Morgan fingerprint density at radius 1 is 1.00 bits per heavy atom. The van der Waals surface area contributed by atoms with Crippen LogP contribution in [0.2, 0.25) is 0 Å². The van der Waals surface area contributed by atoms with E-state index < -0.39 is 0 Å². The first-order valence-corrected chi connectivity index (χ1v) is 10.0. The average Bonchev–Trinajstić information content (AvgIpc) is 3.11. The number of aromatic amines is 1. The van der Waals surface area contributed by atoms with Gasteiger partial charge >= 0.3 is 5.13 Å². The van der Waals surface area contributed by atoms with Gasteiger partial charge in [-0.05, 0) is 47.7 Å². The number of rotatable bonds is 8. The SMILES string of the molecule is COc1ccc(C(Cc2ccc(OCC(C)C)cc2)c2csc(N)[nH+]2)cc1. The Kier molecular flexibility index (Phi) is 6.35. The van der Waals surface area contributed by atoms with Crippen molar-refractivity contribution in [2.75, 3.05) is 19.5 Å².